The Bertz CT molecular complexity index is 469. The third-order valence-electron chi connectivity index (χ3n) is 3.04. The number of nitrogens with two attached hydrogens (primary N) is 1. The fourth-order valence-electron chi connectivity index (χ4n) is 1.74. The number of carbonyl (C=O) groups is 1. The molecule has 1 aliphatic carbocycles. The number of hydrogen-bond donors (Lipinski definition) is 2. The van der Waals surface area contributed by atoms with Gasteiger partial charge < -0.3 is 20.5 Å². The van der Waals surface area contributed by atoms with Crippen molar-refractivity contribution in [2.45, 2.75) is 18.4 Å². The molecule has 0 unspecified atom stereocenters. The van der Waals surface area contributed by atoms with E-state index in [1.807, 2.05) is 0 Å². The van der Waals surface area contributed by atoms with Crippen LogP contribution in [0, 0.1) is 0 Å². The number of anilines is 1. The molecule has 0 saturated heterocycles. The molecule has 5 heteroatoms. The van der Waals surface area contributed by atoms with Gasteiger partial charge in [-0.15, -0.1) is 0 Å². The summed E-state index contributed by atoms with van der Waals surface area (Å²) in [4.78, 5) is 11.8. The summed E-state index contributed by atoms with van der Waals surface area (Å²) in [5, 5.41) is 2.79. The van der Waals surface area contributed by atoms with Gasteiger partial charge in [0, 0.05) is 11.8 Å². The molecule has 1 amide bonds. The highest BCUT2D eigenvalue weighted by Crippen LogP contribution is 2.35. The van der Waals surface area contributed by atoms with Gasteiger partial charge in [-0.2, -0.15) is 0 Å². The summed E-state index contributed by atoms with van der Waals surface area (Å²) in [7, 11) is 0. The lowest BCUT2D eigenvalue weighted by Gasteiger charge is -2.19. The van der Waals surface area contributed by atoms with E-state index in [1.54, 1.807) is 18.2 Å². The predicted octanol–water partition coefficient (Wildman–Crippen LogP) is 0.888. The normalized spacial score (nSPS) is 19.6. The minimum absolute atomic E-state index is 0.130. The largest absolute Gasteiger partial charge is 0.486 e. The van der Waals surface area contributed by atoms with Gasteiger partial charge in [0.25, 0.3) is 0 Å². The minimum atomic E-state index is -0.659. The number of hydrogen-bond acceptors (Lipinski definition) is 4. The fraction of sp³-hybridized carbons (Fsp3) is 0.417. The Morgan fingerprint density at radius 1 is 1.24 bits per heavy atom. The van der Waals surface area contributed by atoms with Crippen molar-refractivity contribution in [3.63, 3.8) is 0 Å². The van der Waals surface area contributed by atoms with Gasteiger partial charge in [0.05, 0.1) is 5.54 Å². The number of nitrogens with one attached hydrogen (secondary N) is 1. The molecule has 1 aromatic carbocycles. The molecular formula is C12H14N2O3. The number of ether oxygens (including phenoxy) is 2. The van der Waals surface area contributed by atoms with Crippen molar-refractivity contribution in [2.24, 2.45) is 5.73 Å². The van der Waals surface area contributed by atoms with Crippen LogP contribution in [-0.2, 0) is 4.79 Å². The van der Waals surface area contributed by atoms with Gasteiger partial charge >= 0.3 is 0 Å². The molecule has 3 rings (SSSR count). The van der Waals surface area contributed by atoms with Crippen LogP contribution in [0.5, 0.6) is 11.5 Å². The van der Waals surface area contributed by atoms with E-state index in [4.69, 9.17) is 15.2 Å². The van der Waals surface area contributed by atoms with Crippen LogP contribution >= 0.6 is 0 Å². The Balaban J connectivity index is 1.77. The van der Waals surface area contributed by atoms with Crippen LogP contribution in [0.25, 0.3) is 0 Å². The minimum Gasteiger partial charge on any atom is -0.486 e. The first-order valence-corrected chi connectivity index (χ1v) is 5.67. The molecule has 0 spiro atoms. The first kappa shape index (κ1) is 10.4. The second kappa shape index (κ2) is 3.63. The van der Waals surface area contributed by atoms with Crippen molar-refractivity contribution in [3.8, 4) is 11.5 Å². The Morgan fingerprint density at radius 2 is 1.94 bits per heavy atom. The SMILES string of the molecule is NC1(C(=O)Nc2ccc3c(c2)OCCO3)CC1. The molecular weight excluding hydrogens is 220 g/mol. The number of fused-ring (bicyclic) bond motifs is 1. The van der Waals surface area contributed by atoms with Crippen molar-refractivity contribution in [3.05, 3.63) is 18.2 Å². The average molecular weight is 234 g/mol. The monoisotopic (exact) mass is 234 g/mol. The zero-order valence-corrected chi connectivity index (χ0v) is 9.36. The molecule has 1 aromatic rings. The standard InChI is InChI=1S/C12H14N2O3/c13-12(3-4-12)11(15)14-8-1-2-9-10(7-8)17-6-5-16-9/h1-2,7H,3-6,13H2,(H,14,15). The second-order valence-electron chi connectivity index (χ2n) is 4.47. The van der Waals surface area contributed by atoms with Crippen LogP contribution in [-0.4, -0.2) is 24.7 Å². The van der Waals surface area contributed by atoms with Crippen LogP contribution in [0.4, 0.5) is 5.69 Å². The highest BCUT2D eigenvalue weighted by molar-refractivity contribution is 6.00. The number of rotatable bonds is 2. The predicted molar refractivity (Wildman–Crippen MR) is 62.2 cm³/mol. The van der Waals surface area contributed by atoms with E-state index in [1.165, 1.54) is 0 Å². The lowest BCUT2D eigenvalue weighted by Crippen LogP contribution is -2.37. The van der Waals surface area contributed by atoms with Gasteiger partial charge in [0.15, 0.2) is 11.5 Å². The molecule has 90 valence electrons. The molecule has 5 nitrogen and oxygen atoms in total. The van der Waals surface area contributed by atoms with Crippen LogP contribution in [0.15, 0.2) is 18.2 Å². The Labute approximate surface area is 98.9 Å². The van der Waals surface area contributed by atoms with Gasteiger partial charge in [-0.25, -0.2) is 0 Å². The third-order valence-corrected chi connectivity index (χ3v) is 3.04. The maximum atomic E-state index is 11.8. The average Bonchev–Trinajstić information content (AvgIpc) is 3.09. The highest BCUT2D eigenvalue weighted by Gasteiger charge is 2.45. The highest BCUT2D eigenvalue weighted by atomic mass is 16.6. The first-order chi connectivity index (χ1) is 8.17. The summed E-state index contributed by atoms with van der Waals surface area (Å²) in [6.07, 6.45) is 1.51. The molecule has 2 aliphatic rings. The molecule has 0 aromatic heterocycles. The van der Waals surface area contributed by atoms with Crippen molar-refractivity contribution < 1.29 is 14.3 Å². The molecule has 1 heterocycles. The summed E-state index contributed by atoms with van der Waals surface area (Å²) in [5.41, 5.74) is 5.84. The summed E-state index contributed by atoms with van der Waals surface area (Å²) in [6.45, 7) is 1.09. The number of carbonyl (C=O) groups excluding carboxylic acids is 1. The Hall–Kier alpha value is -1.75. The number of benzene rings is 1. The summed E-state index contributed by atoms with van der Waals surface area (Å²) in [6, 6.07) is 5.34. The van der Waals surface area contributed by atoms with Gasteiger partial charge in [-0.05, 0) is 25.0 Å². The summed E-state index contributed by atoms with van der Waals surface area (Å²) >= 11 is 0. The van der Waals surface area contributed by atoms with Crippen molar-refractivity contribution in [1.29, 1.82) is 0 Å². The summed E-state index contributed by atoms with van der Waals surface area (Å²) < 4.78 is 10.8. The lowest BCUT2D eigenvalue weighted by atomic mass is 10.2. The number of amides is 1. The van der Waals surface area contributed by atoms with Crippen LogP contribution in [0.1, 0.15) is 12.8 Å². The van der Waals surface area contributed by atoms with E-state index >= 15 is 0 Å². The molecule has 17 heavy (non-hydrogen) atoms. The molecule has 3 N–H and O–H groups in total. The van der Waals surface area contributed by atoms with E-state index in [9.17, 15) is 4.79 Å². The van der Waals surface area contributed by atoms with Gasteiger partial charge in [-0.3, -0.25) is 4.79 Å². The maximum Gasteiger partial charge on any atom is 0.244 e. The van der Waals surface area contributed by atoms with Crippen molar-refractivity contribution >= 4 is 11.6 Å². The van der Waals surface area contributed by atoms with Gasteiger partial charge in [0.1, 0.15) is 13.2 Å². The van der Waals surface area contributed by atoms with E-state index in [2.05, 4.69) is 5.32 Å². The van der Waals surface area contributed by atoms with Gasteiger partial charge in [0.2, 0.25) is 5.91 Å². The smallest absolute Gasteiger partial charge is 0.244 e. The van der Waals surface area contributed by atoms with Crippen molar-refractivity contribution in [2.75, 3.05) is 18.5 Å². The zero-order chi connectivity index (χ0) is 11.9. The van der Waals surface area contributed by atoms with Crippen molar-refractivity contribution in [1.82, 2.24) is 0 Å². The molecule has 1 saturated carbocycles. The van der Waals surface area contributed by atoms with E-state index < -0.39 is 5.54 Å². The molecule has 1 fully saturated rings. The molecule has 1 aliphatic heterocycles. The maximum absolute atomic E-state index is 11.8. The fourth-order valence-corrected chi connectivity index (χ4v) is 1.74. The van der Waals surface area contributed by atoms with Crippen LogP contribution in [0.3, 0.4) is 0 Å². The van der Waals surface area contributed by atoms with Crippen LogP contribution < -0.4 is 20.5 Å². The zero-order valence-electron chi connectivity index (χ0n) is 9.36. The molecule has 0 radical (unpaired) electrons. The molecule has 0 atom stereocenters. The Kier molecular flexibility index (Phi) is 2.22. The first-order valence-electron chi connectivity index (χ1n) is 5.67. The quantitative estimate of drug-likeness (QED) is 0.797. The van der Waals surface area contributed by atoms with E-state index in [0.29, 0.717) is 30.4 Å². The Morgan fingerprint density at radius 3 is 2.65 bits per heavy atom. The molecule has 0 bridgehead atoms. The van der Waals surface area contributed by atoms with Gasteiger partial charge in [-0.1, -0.05) is 0 Å². The van der Waals surface area contributed by atoms with E-state index in [0.717, 1.165) is 12.8 Å². The topological polar surface area (TPSA) is 73.6 Å². The second-order valence-corrected chi connectivity index (χ2v) is 4.47. The van der Waals surface area contributed by atoms with Crippen LogP contribution in [0.2, 0.25) is 0 Å². The summed E-state index contributed by atoms with van der Waals surface area (Å²) in [5.74, 6) is 1.24. The third kappa shape index (κ3) is 1.93. The lowest BCUT2D eigenvalue weighted by molar-refractivity contribution is -0.118. The van der Waals surface area contributed by atoms with E-state index in [-0.39, 0.29) is 5.91 Å².